The predicted molar refractivity (Wildman–Crippen MR) is 115 cm³/mol. The van der Waals surface area contributed by atoms with E-state index in [9.17, 15) is 10.1 Å². The van der Waals surface area contributed by atoms with E-state index in [0.29, 0.717) is 33.0 Å². The highest BCUT2D eigenvalue weighted by molar-refractivity contribution is 6.35. The van der Waals surface area contributed by atoms with Crippen LogP contribution in [0.3, 0.4) is 0 Å². The van der Waals surface area contributed by atoms with Crippen molar-refractivity contribution in [3.8, 4) is 28.7 Å². The maximum absolute atomic E-state index is 12.0. The summed E-state index contributed by atoms with van der Waals surface area (Å²) in [4.78, 5) is 23.7. The molecule has 0 bridgehead atoms. The molecule has 0 radical (unpaired) electrons. The fourth-order valence-corrected chi connectivity index (χ4v) is 3.82. The number of pyridine rings is 3. The van der Waals surface area contributed by atoms with Gasteiger partial charge in [-0.15, -0.1) is 0 Å². The number of nitriles is 1. The molecule has 4 heterocycles. The Bertz CT molecular complexity index is 1560. The van der Waals surface area contributed by atoms with E-state index in [0.717, 1.165) is 22.3 Å². The molecule has 0 aliphatic carbocycles. The number of H-pyrrole nitrogens is 1. The maximum Gasteiger partial charge on any atom is 0.250 e. The predicted octanol–water partition coefficient (Wildman–Crippen LogP) is 5.23. The number of halogens is 1. The van der Waals surface area contributed by atoms with Crippen LogP contribution in [0.15, 0.2) is 63.9 Å². The van der Waals surface area contributed by atoms with E-state index in [2.05, 4.69) is 21.0 Å². The van der Waals surface area contributed by atoms with Crippen LogP contribution >= 0.6 is 11.6 Å². The minimum absolute atomic E-state index is 0.248. The highest BCUT2D eigenvalue weighted by Gasteiger charge is 2.18. The molecule has 30 heavy (non-hydrogen) atoms. The lowest BCUT2D eigenvalue weighted by Crippen LogP contribution is -2.07. The van der Waals surface area contributed by atoms with Gasteiger partial charge >= 0.3 is 0 Å². The van der Waals surface area contributed by atoms with Crippen molar-refractivity contribution in [1.82, 2.24) is 15.0 Å². The van der Waals surface area contributed by atoms with Crippen LogP contribution in [0.4, 0.5) is 0 Å². The maximum atomic E-state index is 12.0. The molecule has 4 aromatic heterocycles. The molecule has 5 rings (SSSR count). The molecule has 0 spiro atoms. The first-order valence-electron chi connectivity index (χ1n) is 9.13. The van der Waals surface area contributed by atoms with Gasteiger partial charge in [-0.05, 0) is 48.9 Å². The summed E-state index contributed by atoms with van der Waals surface area (Å²) in [7, 11) is 0. The lowest BCUT2D eigenvalue weighted by molar-refractivity contribution is 0.547. The molecule has 144 valence electrons. The van der Waals surface area contributed by atoms with Crippen LogP contribution in [0.2, 0.25) is 5.02 Å². The second-order valence-corrected chi connectivity index (χ2v) is 7.29. The van der Waals surface area contributed by atoms with Gasteiger partial charge in [-0.2, -0.15) is 5.26 Å². The zero-order valence-electron chi connectivity index (χ0n) is 15.7. The number of nitrogens with one attached hydrogen (secondary N) is 1. The fourth-order valence-electron chi connectivity index (χ4n) is 3.54. The van der Waals surface area contributed by atoms with Crippen molar-refractivity contribution in [2.75, 3.05) is 0 Å². The summed E-state index contributed by atoms with van der Waals surface area (Å²) in [5, 5.41) is 11.4. The van der Waals surface area contributed by atoms with E-state index in [-0.39, 0.29) is 11.1 Å². The van der Waals surface area contributed by atoms with Crippen molar-refractivity contribution < 1.29 is 4.42 Å². The van der Waals surface area contributed by atoms with Crippen LogP contribution in [-0.4, -0.2) is 15.0 Å². The number of benzene rings is 1. The summed E-state index contributed by atoms with van der Waals surface area (Å²) in [6.45, 7) is 1.85. The first-order chi connectivity index (χ1) is 14.5. The van der Waals surface area contributed by atoms with Gasteiger partial charge in [-0.3, -0.25) is 9.78 Å². The number of fused-ring (bicyclic) bond motifs is 2. The van der Waals surface area contributed by atoms with Gasteiger partial charge in [0, 0.05) is 28.6 Å². The molecule has 1 N–H and O–H groups in total. The smallest absolute Gasteiger partial charge is 0.250 e. The van der Waals surface area contributed by atoms with Gasteiger partial charge in [-0.1, -0.05) is 17.7 Å². The molecular weight excluding hydrogens is 400 g/mol. The molecule has 0 aliphatic heterocycles. The molecular formula is C23H13ClN4O2. The SMILES string of the molecule is Cc1ccc(-c2nc3[nH]c(=O)cc(C#N)c3cc2-c2cc(Cl)c3ncccc3c2)o1. The van der Waals surface area contributed by atoms with Crippen molar-refractivity contribution in [3.63, 3.8) is 0 Å². The number of rotatable bonds is 2. The van der Waals surface area contributed by atoms with Crippen LogP contribution in [0.25, 0.3) is 44.5 Å². The molecule has 0 unspecified atom stereocenters. The number of hydrogen-bond donors (Lipinski definition) is 1. The summed E-state index contributed by atoms with van der Waals surface area (Å²) in [5.41, 5.74) is 2.95. The molecule has 0 saturated carbocycles. The van der Waals surface area contributed by atoms with E-state index < -0.39 is 0 Å². The number of aromatic nitrogens is 3. The van der Waals surface area contributed by atoms with Gasteiger partial charge < -0.3 is 9.40 Å². The van der Waals surface area contributed by atoms with Crippen molar-refractivity contribution in [3.05, 3.63) is 81.4 Å². The van der Waals surface area contributed by atoms with Gasteiger partial charge in [0.25, 0.3) is 5.56 Å². The number of furan rings is 1. The molecule has 6 nitrogen and oxygen atoms in total. The summed E-state index contributed by atoms with van der Waals surface area (Å²) >= 11 is 6.51. The molecule has 1 aromatic carbocycles. The molecule has 7 heteroatoms. The summed E-state index contributed by atoms with van der Waals surface area (Å²) < 4.78 is 5.82. The van der Waals surface area contributed by atoms with Crippen LogP contribution in [-0.2, 0) is 0 Å². The molecule has 0 atom stereocenters. The lowest BCUT2D eigenvalue weighted by Gasteiger charge is -2.12. The second kappa shape index (κ2) is 6.83. The zero-order valence-corrected chi connectivity index (χ0v) is 16.5. The van der Waals surface area contributed by atoms with E-state index >= 15 is 0 Å². The number of nitrogens with zero attached hydrogens (tertiary/aromatic N) is 3. The Labute approximate surface area is 175 Å². The molecule has 0 amide bonds. The number of aryl methyl sites for hydroxylation is 1. The average Bonchev–Trinajstić information content (AvgIpc) is 3.18. The highest BCUT2D eigenvalue weighted by Crippen LogP contribution is 2.37. The monoisotopic (exact) mass is 412 g/mol. The van der Waals surface area contributed by atoms with E-state index in [1.165, 1.54) is 6.07 Å². The van der Waals surface area contributed by atoms with Gasteiger partial charge in [0.05, 0.1) is 16.1 Å². The Morgan fingerprint density at radius 1 is 1.17 bits per heavy atom. The highest BCUT2D eigenvalue weighted by atomic mass is 35.5. The first kappa shape index (κ1) is 18.1. The Morgan fingerprint density at radius 3 is 2.80 bits per heavy atom. The van der Waals surface area contributed by atoms with Gasteiger partial charge in [0.2, 0.25) is 0 Å². The van der Waals surface area contributed by atoms with Gasteiger partial charge in [0.15, 0.2) is 5.76 Å². The third-order valence-electron chi connectivity index (χ3n) is 4.89. The van der Waals surface area contributed by atoms with Crippen LogP contribution in [0, 0.1) is 18.3 Å². The minimum Gasteiger partial charge on any atom is -0.460 e. The number of hydrogen-bond acceptors (Lipinski definition) is 5. The third-order valence-corrected chi connectivity index (χ3v) is 5.18. The van der Waals surface area contributed by atoms with E-state index in [4.69, 9.17) is 16.0 Å². The van der Waals surface area contributed by atoms with Crippen molar-refractivity contribution >= 4 is 33.5 Å². The quantitative estimate of drug-likeness (QED) is 0.428. The average molecular weight is 413 g/mol. The Morgan fingerprint density at radius 2 is 2.03 bits per heavy atom. The van der Waals surface area contributed by atoms with Crippen molar-refractivity contribution in [2.45, 2.75) is 6.92 Å². The van der Waals surface area contributed by atoms with Crippen LogP contribution < -0.4 is 5.56 Å². The lowest BCUT2D eigenvalue weighted by atomic mass is 9.98. The zero-order chi connectivity index (χ0) is 20.8. The van der Waals surface area contributed by atoms with Crippen molar-refractivity contribution in [1.29, 1.82) is 5.26 Å². The second-order valence-electron chi connectivity index (χ2n) is 6.88. The van der Waals surface area contributed by atoms with E-state index in [1.807, 2.05) is 49.4 Å². The molecule has 0 saturated heterocycles. The largest absolute Gasteiger partial charge is 0.460 e. The topological polar surface area (TPSA) is 95.6 Å². The van der Waals surface area contributed by atoms with E-state index in [1.54, 1.807) is 6.20 Å². The Hall–Kier alpha value is -3.95. The Kier molecular flexibility index (Phi) is 4.12. The summed E-state index contributed by atoms with van der Waals surface area (Å²) in [6.07, 6.45) is 1.69. The standard InChI is InChI=1S/C23H13ClN4O2/c1-12-4-5-19(30-12)22-16(10-17-15(11-25)9-20(29)27-23(17)28-22)14-7-13-3-2-6-26-21(13)18(24)8-14/h2-10H,1H3,(H,27,28,29). The minimum atomic E-state index is -0.388. The molecule has 5 aromatic rings. The normalized spacial score (nSPS) is 11.1. The van der Waals surface area contributed by atoms with Crippen LogP contribution in [0.1, 0.15) is 11.3 Å². The summed E-state index contributed by atoms with van der Waals surface area (Å²) in [5.74, 6) is 1.29. The van der Waals surface area contributed by atoms with Crippen LogP contribution in [0.5, 0.6) is 0 Å². The molecule has 0 aliphatic rings. The molecule has 0 fully saturated rings. The summed E-state index contributed by atoms with van der Waals surface area (Å²) in [6, 6.07) is 16.4. The fraction of sp³-hybridized carbons (Fsp3) is 0.0435. The first-order valence-corrected chi connectivity index (χ1v) is 9.51. The van der Waals surface area contributed by atoms with Gasteiger partial charge in [0.1, 0.15) is 23.2 Å². The van der Waals surface area contributed by atoms with Crippen molar-refractivity contribution in [2.24, 2.45) is 0 Å². The number of aromatic amines is 1. The third kappa shape index (κ3) is 2.93. The Balaban J connectivity index is 1.89. The van der Waals surface area contributed by atoms with Gasteiger partial charge in [-0.25, -0.2) is 4.98 Å².